The molecule has 0 radical (unpaired) electrons. The molecule has 4 nitrogen and oxygen atoms in total. The van der Waals surface area contributed by atoms with Crippen molar-refractivity contribution in [1.82, 2.24) is 5.32 Å². The van der Waals surface area contributed by atoms with Gasteiger partial charge in [0.2, 0.25) is 0 Å². The van der Waals surface area contributed by atoms with E-state index < -0.39 is 6.10 Å². The van der Waals surface area contributed by atoms with E-state index in [9.17, 15) is 4.79 Å². The Labute approximate surface area is 115 Å². The Kier molecular flexibility index (Phi) is 6.36. The van der Waals surface area contributed by atoms with Crippen LogP contribution in [-0.2, 0) is 9.53 Å². The molecule has 0 saturated heterocycles. The van der Waals surface area contributed by atoms with Crippen molar-refractivity contribution < 1.29 is 14.3 Å². The van der Waals surface area contributed by atoms with Crippen LogP contribution in [-0.4, -0.2) is 25.7 Å². The molecule has 2 atom stereocenters. The Morgan fingerprint density at radius 3 is 2.58 bits per heavy atom. The van der Waals surface area contributed by atoms with Crippen LogP contribution in [0.25, 0.3) is 0 Å². The Balaban J connectivity index is 2.88. The summed E-state index contributed by atoms with van der Waals surface area (Å²) in [6.45, 7) is 6.12. The minimum atomic E-state index is -0.551. The number of carbonyl (C=O) groups excluding carboxylic acids is 1. The molecule has 0 fully saturated rings. The molecular weight excluding hydrogens is 242 g/mol. The van der Waals surface area contributed by atoms with Crippen molar-refractivity contribution >= 4 is 5.97 Å². The highest BCUT2D eigenvalue weighted by Crippen LogP contribution is 2.26. The normalized spacial score (nSPS) is 13.7. The Morgan fingerprint density at radius 2 is 2.00 bits per heavy atom. The Morgan fingerprint density at radius 1 is 1.32 bits per heavy atom. The van der Waals surface area contributed by atoms with Gasteiger partial charge in [-0.1, -0.05) is 25.1 Å². The van der Waals surface area contributed by atoms with E-state index in [0.29, 0.717) is 13.0 Å². The molecule has 0 aromatic heterocycles. The number of hydrogen-bond acceptors (Lipinski definition) is 4. The fraction of sp³-hybridized carbons (Fsp3) is 0.533. The molecule has 106 valence electrons. The molecule has 0 aliphatic heterocycles. The van der Waals surface area contributed by atoms with Crippen LogP contribution >= 0.6 is 0 Å². The second kappa shape index (κ2) is 7.79. The van der Waals surface area contributed by atoms with Crippen molar-refractivity contribution in [2.75, 3.05) is 13.7 Å². The van der Waals surface area contributed by atoms with Gasteiger partial charge in [0.15, 0.2) is 6.10 Å². The predicted molar refractivity (Wildman–Crippen MR) is 75.3 cm³/mol. The maximum atomic E-state index is 11.8. The summed E-state index contributed by atoms with van der Waals surface area (Å²) in [5.41, 5.74) is 1.03. The first kappa shape index (κ1) is 15.5. The average Bonchev–Trinajstić information content (AvgIpc) is 2.44. The van der Waals surface area contributed by atoms with Crippen molar-refractivity contribution in [2.45, 2.75) is 39.3 Å². The summed E-state index contributed by atoms with van der Waals surface area (Å²) in [5.74, 6) is 0.418. The van der Waals surface area contributed by atoms with E-state index in [1.54, 1.807) is 6.92 Å². The number of hydrogen-bond donors (Lipinski definition) is 1. The zero-order chi connectivity index (χ0) is 14.3. The second-order valence-electron chi connectivity index (χ2n) is 4.31. The third-order valence-electron chi connectivity index (χ3n) is 3.01. The summed E-state index contributed by atoms with van der Waals surface area (Å²) in [7, 11) is 1.89. The maximum absolute atomic E-state index is 11.8. The van der Waals surface area contributed by atoms with Crippen LogP contribution in [0.1, 0.15) is 38.8 Å². The summed E-state index contributed by atoms with van der Waals surface area (Å²) >= 11 is 0. The monoisotopic (exact) mass is 265 g/mol. The van der Waals surface area contributed by atoms with E-state index in [1.807, 2.05) is 45.2 Å². The fourth-order valence-corrected chi connectivity index (χ4v) is 1.79. The lowest BCUT2D eigenvalue weighted by Gasteiger charge is -2.20. The van der Waals surface area contributed by atoms with E-state index in [4.69, 9.17) is 9.47 Å². The lowest BCUT2D eigenvalue weighted by Crippen LogP contribution is -2.29. The van der Waals surface area contributed by atoms with Gasteiger partial charge >= 0.3 is 5.97 Å². The zero-order valence-electron chi connectivity index (χ0n) is 12.1. The molecule has 0 aliphatic carbocycles. The molecule has 0 bridgehead atoms. The zero-order valence-corrected chi connectivity index (χ0v) is 12.1. The highest BCUT2D eigenvalue weighted by Gasteiger charge is 2.21. The molecule has 1 N–H and O–H groups in total. The van der Waals surface area contributed by atoms with Gasteiger partial charge in [0.25, 0.3) is 0 Å². The van der Waals surface area contributed by atoms with Gasteiger partial charge in [0.1, 0.15) is 5.75 Å². The van der Waals surface area contributed by atoms with Crippen molar-refractivity contribution in [1.29, 1.82) is 0 Å². The van der Waals surface area contributed by atoms with Crippen LogP contribution in [0.15, 0.2) is 24.3 Å². The van der Waals surface area contributed by atoms with Gasteiger partial charge in [-0.2, -0.15) is 0 Å². The SMILES string of the molecule is CCOC(=O)C(CC)Oc1ccccc1C(C)NC. The molecule has 0 heterocycles. The van der Waals surface area contributed by atoms with Gasteiger partial charge in [-0.25, -0.2) is 4.79 Å². The topological polar surface area (TPSA) is 47.6 Å². The van der Waals surface area contributed by atoms with Crippen molar-refractivity contribution in [3.63, 3.8) is 0 Å². The molecule has 1 aromatic carbocycles. The number of ether oxygens (including phenoxy) is 2. The van der Waals surface area contributed by atoms with Gasteiger partial charge in [0, 0.05) is 11.6 Å². The van der Waals surface area contributed by atoms with Crippen LogP contribution in [0.3, 0.4) is 0 Å². The first-order valence-electron chi connectivity index (χ1n) is 6.73. The van der Waals surface area contributed by atoms with Crippen molar-refractivity contribution in [3.8, 4) is 5.75 Å². The molecule has 19 heavy (non-hydrogen) atoms. The first-order valence-corrected chi connectivity index (χ1v) is 6.73. The summed E-state index contributed by atoms with van der Waals surface area (Å²) in [6.07, 6.45) is 0.0336. The standard InChI is InChI=1S/C15H23NO3/c1-5-13(15(17)18-6-2)19-14-10-8-7-9-12(14)11(3)16-4/h7-11,13,16H,5-6H2,1-4H3. The highest BCUT2D eigenvalue weighted by molar-refractivity contribution is 5.75. The van der Waals surface area contributed by atoms with E-state index in [0.717, 1.165) is 11.3 Å². The summed E-state index contributed by atoms with van der Waals surface area (Å²) in [5, 5.41) is 3.17. The van der Waals surface area contributed by atoms with E-state index in [2.05, 4.69) is 5.32 Å². The summed E-state index contributed by atoms with van der Waals surface area (Å²) in [4.78, 5) is 11.8. The third-order valence-corrected chi connectivity index (χ3v) is 3.01. The lowest BCUT2D eigenvalue weighted by atomic mass is 10.1. The van der Waals surface area contributed by atoms with E-state index >= 15 is 0 Å². The first-order chi connectivity index (χ1) is 9.13. The number of nitrogens with one attached hydrogen (secondary N) is 1. The number of esters is 1. The number of rotatable bonds is 7. The number of benzene rings is 1. The molecule has 4 heteroatoms. The lowest BCUT2D eigenvalue weighted by molar-refractivity contribution is -0.151. The summed E-state index contributed by atoms with van der Waals surface area (Å²) in [6, 6.07) is 7.90. The van der Waals surface area contributed by atoms with Crippen LogP contribution in [0.4, 0.5) is 0 Å². The molecule has 0 aliphatic rings. The highest BCUT2D eigenvalue weighted by atomic mass is 16.6. The number of carbonyl (C=O) groups is 1. The predicted octanol–water partition coefficient (Wildman–Crippen LogP) is 2.69. The van der Waals surface area contributed by atoms with E-state index in [-0.39, 0.29) is 12.0 Å². The molecule has 1 rings (SSSR count). The third kappa shape index (κ3) is 4.24. The van der Waals surface area contributed by atoms with E-state index in [1.165, 1.54) is 0 Å². The largest absolute Gasteiger partial charge is 0.478 e. The second-order valence-corrected chi connectivity index (χ2v) is 4.31. The molecule has 1 aromatic rings. The minimum absolute atomic E-state index is 0.163. The maximum Gasteiger partial charge on any atom is 0.347 e. The molecule has 0 spiro atoms. The smallest absolute Gasteiger partial charge is 0.347 e. The van der Waals surface area contributed by atoms with Gasteiger partial charge in [-0.15, -0.1) is 0 Å². The van der Waals surface area contributed by atoms with Gasteiger partial charge in [-0.3, -0.25) is 0 Å². The van der Waals surface area contributed by atoms with Crippen molar-refractivity contribution in [2.24, 2.45) is 0 Å². The Bertz CT molecular complexity index is 406. The quantitative estimate of drug-likeness (QED) is 0.770. The molecule has 2 unspecified atom stereocenters. The average molecular weight is 265 g/mol. The number of para-hydroxylation sites is 1. The van der Waals surface area contributed by atoms with Crippen LogP contribution in [0.2, 0.25) is 0 Å². The van der Waals surface area contributed by atoms with Crippen LogP contribution < -0.4 is 10.1 Å². The van der Waals surface area contributed by atoms with Gasteiger partial charge in [0.05, 0.1) is 6.61 Å². The Hall–Kier alpha value is -1.55. The van der Waals surface area contributed by atoms with Gasteiger partial charge in [-0.05, 0) is 33.4 Å². The van der Waals surface area contributed by atoms with Crippen LogP contribution in [0, 0.1) is 0 Å². The minimum Gasteiger partial charge on any atom is -0.478 e. The molecular formula is C15H23NO3. The van der Waals surface area contributed by atoms with Crippen LogP contribution in [0.5, 0.6) is 5.75 Å². The molecule has 0 amide bonds. The van der Waals surface area contributed by atoms with Gasteiger partial charge < -0.3 is 14.8 Å². The summed E-state index contributed by atoms with van der Waals surface area (Å²) < 4.78 is 10.8. The van der Waals surface area contributed by atoms with Crippen molar-refractivity contribution in [3.05, 3.63) is 29.8 Å². The molecule has 0 saturated carbocycles. The fourth-order valence-electron chi connectivity index (χ4n) is 1.79.